The van der Waals surface area contributed by atoms with E-state index in [4.69, 9.17) is 0 Å². The summed E-state index contributed by atoms with van der Waals surface area (Å²) >= 11 is 0. The quantitative estimate of drug-likeness (QED) is 0.617. The molecule has 1 fully saturated rings. The van der Waals surface area contributed by atoms with Crippen molar-refractivity contribution in [3.05, 3.63) is 24.8 Å². The third-order valence-corrected chi connectivity index (χ3v) is 3.29. The summed E-state index contributed by atoms with van der Waals surface area (Å²) in [5, 5.41) is 9.56. The van der Waals surface area contributed by atoms with E-state index in [1.807, 2.05) is 12.2 Å². The minimum absolute atomic E-state index is 0.0161. The lowest BCUT2D eigenvalue weighted by Crippen LogP contribution is -2.40. The molecule has 2 rings (SSSR count). The average molecular weight is 178 g/mol. The molecule has 0 aromatic carbocycles. The van der Waals surface area contributed by atoms with Gasteiger partial charge in [0.15, 0.2) is 0 Å². The monoisotopic (exact) mass is 178 g/mol. The van der Waals surface area contributed by atoms with Gasteiger partial charge in [0.05, 0.1) is 6.10 Å². The summed E-state index contributed by atoms with van der Waals surface area (Å²) in [6.45, 7) is 3.80. The Balaban J connectivity index is 2.34. The number of carbonyl (C=O) groups excluding carboxylic acids is 1. The number of carbonyl (C=O) groups is 1. The molecule has 0 aromatic heterocycles. The third-order valence-electron chi connectivity index (χ3n) is 3.29. The predicted molar refractivity (Wildman–Crippen MR) is 50.1 cm³/mol. The summed E-state index contributed by atoms with van der Waals surface area (Å²) < 4.78 is 0. The number of aliphatic hydroxyl groups excluding tert-OH is 1. The summed E-state index contributed by atoms with van der Waals surface area (Å²) in [6, 6.07) is 0. The van der Waals surface area contributed by atoms with Gasteiger partial charge in [-0.25, -0.2) is 0 Å². The van der Waals surface area contributed by atoms with Crippen LogP contribution in [0.3, 0.4) is 0 Å². The van der Waals surface area contributed by atoms with Crippen LogP contribution in [0.2, 0.25) is 0 Å². The van der Waals surface area contributed by atoms with Gasteiger partial charge in [-0.3, -0.25) is 4.79 Å². The maximum atomic E-state index is 11.4. The maximum Gasteiger partial charge on any atom is 0.138 e. The summed E-state index contributed by atoms with van der Waals surface area (Å²) in [5.41, 5.74) is -0.0161. The molecule has 0 saturated heterocycles. The summed E-state index contributed by atoms with van der Waals surface area (Å²) in [4.78, 5) is 11.4. The van der Waals surface area contributed by atoms with Gasteiger partial charge in [0.1, 0.15) is 5.78 Å². The van der Waals surface area contributed by atoms with Crippen LogP contribution in [0.25, 0.3) is 0 Å². The average Bonchev–Trinajstić information content (AvgIpc) is 2.17. The van der Waals surface area contributed by atoms with E-state index in [9.17, 15) is 9.90 Å². The van der Waals surface area contributed by atoms with E-state index in [1.165, 1.54) is 0 Å². The second-order valence-electron chi connectivity index (χ2n) is 4.06. The molecule has 3 atom stereocenters. The molecule has 2 aliphatic rings. The number of fused-ring (bicyclic) bond motifs is 2. The second-order valence-corrected chi connectivity index (χ2v) is 4.06. The van der Waals surface area contributed by atoms with Crippen molar-refractivity contribution >= 4 is 5.78 Å². The van der Waals surface area contributed by atoms with E-state index >= 15 is 0 Å². The van der Waals surface area contributed by atoms with Crippen LogP contribution in [0.15, 0.2) is 24.8 Å². The normalized spacial score (nSPS) is 43.3. The van der Waals surface area contributed by atoms with Crippen LogP contribution in [0.1, 0.15) is 19.3 Å². The van der Waals surface area contributed by atoms with Gasteiger partial charge >= 0.3 is 0 Å². The minimum atomic E-state index is -0.569. The fraction of sp³-hybridized carbons (Fsp3) is 0.545. The molecule has 0 aliphatic heterocycles. The zero-order chi connectivity index (χ0) is 9.47. The first-order chi connectivity index (χ1) is 6.17. The molecule has 0 unspecified atom stereocenters. The molecule has 2 bridgehead atoms. The number of rotatable bonds is 1. The van der Waals surface area contributed by atoms with E-state index in [-0.39, 0.29) is 17.1 Å². The SMILES string of the molecule is C=C[C@]12C=C[C@@H](O)[C@@H](C1)C(=O)CC2. The Kier molecular flexibility index (Phi) is 1.88. The molecular weight excluding hydrogens is 164 g/mol. The van der Waals surface area contributed by atoms with Crippen LogP contribution in [-0.2, 0) is 4.79 Å². The van der Waals surface area contributed by atoms with Crippen molar-refractivity contribution in [2.75, 3.05) is 0 Å². The molecule has 13 heavy (non-hydrogen) atoms. The molecule has 0 heterocycles. The lowest BCUT2D eigenvalue weighted by molar-refractivity contribution is -0.129. The molecule has 70 valence electrons. The first kappa shape index (κ1) is 8.70. The first-order valence-corrected chi connectivity index (χ1v) is 4.71. The zero-order valence-electron chi connectivity index (χ0n) is 7.57. The number of hydrogen-bond acceptors (Lipinski definition) is 2. The number of allylic oxidation sites excluding steroid dienone is 2. The highest BCUT2D eigenvalue weighted by Gasteiger charge is 2.42. The Morgan fingerprint density at radius 2 is 2.46 bits per heavy atom. The van der Waals surface area contributed by atoms with Gasteiger partial charge in [0, 0.05) is 17.8 Å². The van der Waals surface area contributed by atoms with Crippen molar-refractivity contribution in [3.63, 3.8) is 0 Å². The zero-order valence-corrected chi connectivity index (χ0v) is 7.57. The van der Waals surface area contributed by atoms with Crippen LogP contribution in [-0.4, -0.2) is 17.0 Å². The Labute approximate surface area is 78.0 Å². The van der Waals surface area contributed by atoms with Crippen LogP contribution in [0, 0.1) is 11.3 Å². The van der Waals surface area contributed by atoms with Crippen molar-refractivity contribution in [1.29, 1.82) is 0 Å². The molecule has 1 N–H and O–H groups in total. The maximum absolute atomic E-state index is 11.4. The van der Waals surface area contributed by atoms with E-state index in [0.29, 0.717) is 6.42 Å². The van der Waals surface area contributed by atoms with Gasteiger partial charge in [-0.05, 0) is 12.8 Å². The van der Waals surface area contributed by atoms with E-state index in [0.717, 1.165) is 12.8 Å². The lowest BCUT2D eigenvalue weighted by Gasteiger charge is -2.40. The molecule has 0 amide bonds. The highest BCUT2D eigenvalue weighted by molar-refractivity contribution is 5.83. The van der Waals surface area contributed by atoms with E-state index in [1.54, 1.807) is 6.08 Å². The topological polar surface area (TPSA) is 37.3 Å². The van der Waals surface area contributed by atoms with Crippen molar-refractivity contribution in [2.24, 2.45) is 11.3 Å². The van der Waals surface area contributed by atoms with Gasteiger partial charge in [0.2, 0.25) is 0 Å². The van der Waals surface area contributed by atoms with Gasteiger partial charge in [-0.1, -0.05) is 18.2 Å². The van der Waals surface area contributed by atoms with Gasteiger partial charge in [-0.2, -0.15) is 0 Å². The summed E-state index contributed by atoms with van der Waals surface area (Å²) in [5.74, 6) is 0.0195. The molecule has 0 radical (unpaired) electrons. The van der Waals surface area contributed by atoms with Crippen molar-refractivity contribution in [2.45, 2.75) is 25.4 Å². The lowest BCUT2D eigenvalue weighted by atomic mass is 9.64. The molecule has 2 heteroatoms. The Hall–Kier alpha value is -0.890. The van der Waals surface area contributed by atoms with Crippen molar-refractivity contribution in [3.8, 4) is 0 Å². The van der Waals surface area contributed by atoms with Crippen LogP contribution in [0.5, 0.6) is 0 Å². The Morgan fingerprint density at radius 3 is 3.15 bits per heavy atom. The first-order valence-electron chi connectivity index (χ1n) is 4.71. The van der Waals surface area contributed by atoms with Crippen LogP contribution >= 0.6 is 0 Å². The Bertz CT molecular complexity index is 280. The summed E-state index contributed by atoms with van der Waals surface area (Å²) in [7, 11) is 0. The standard InChI is InChI=1S/C11H14O2/c1-2-11-5-3-9(12)8(7-11)10(13)4-6-11/h2-3,5,8-9,12H,1,4,6-7H2/t8-,9-,11-/m1/s1. The van der Waals surface area contributed by atoms with Gasteiger partial charge in [-0.15, -0.1) is 6.58 Å². The molecule has 0 aromatic rings. The smallest absolute Gasteiger partial charge is 0.138 e. The van der Waals surface area contributed by atoms with Gasteiger partial charge < -0.3 is 5.11 Å². The third kappa shape index (κ3) is 1.25. The number of aliphatic hydroxyl groups is 1. The number of Topliss-reactive ketones (excluding diaryl/α,β-unsaturated/α-hetero) is 1. The summed E-state index contributed by atoms with van der Waals surface area (Å²) in [6.07, 6.45) is 7.27. The number of hydrogen-bond donors (Lipinski definition) is 1. The van der Waals surface area contributed by atoms with E-state index < -0.39 is 6.10 Å². The molecule has 2 nitrogen and oxygen atoms in total. The molecule has 0 spiro atoms. The Morgan fingerprint density at radius 1 is 1.69 bits per heavy atom. The molecule has 2 aliphatic carbocycles. The highest BCUT2D eigenvalue weighted by Crippen LogP contribution is 2.44. The fourth-order valence-electron chi connectivity index (χ4n) is 2.31. The number of ketones is 1. The minimum Gasteiger partial charge on any atom is -0.388 e. The second kappa shape index (κ2) is 2.81. The van der Waals surface area contributed by atoms with Crippen molar-refractivity contribution in [1.82, 2.24) is 0 Å². The molecule has 1 saturated carbocycles. The van der Waals surface area contributed by atoms with Crippen LogP contribution < -0.4 is 0 Å². The molecular formula is C11H14O2. The van der Waals surface area contributed by atoms with E-state index in [2.05, 4.69) is 6.58 Å². The fourth-order valence-corrected chi connectivity index (χ4v) is 2.31. The highest BCUT2D eigenvalue weighted by atomic mass is 16.3. The van der Waals surface area contributed by atoms with Gasteiger partial charge in [0.25, 0.3) is 0 Å². The largest absolute Gasteiger partial charge is 0.388 e. The van der Waals surface area contributed by atoms with Crippen molar-refractivity contribution < 1.29 is 9.90 Å². The van der Waals surface area contributed by atoms with Crippen LogP contribution in [0.4, 0.5) is 0 Å². The predicted octanol–water partition coefficient (Wildman–Crippen LogP) is 1.46.